The number of hydrogen-bond donors (Lipinski definition) is 1. The van der Waals surface area contributed by atoms with Crippen molar-refractivity contribution >= 4 is 6.09 Å². The molecular weight excluding hydrogens is 192 g/mol. The van der Waals surface area contributed by atoms with Gasteiger partial charge < -0.3 is 15.4 Å². The zero-order chi connectivity index (χ0) is 11.6. The summed E-state index contributed by atoms with van der Waals surface area (Å²) in [6, 6.07) is 0.148. The van der Waals surface area contributed by atoms with Crippen LogP contribution in [-0.2, 0) is 4.74 Å². The Morgan fingerprint density at radius 2 is 2.13 bits per heavy atom. The van der Waals surface area contributed by atoms with E-state index in [0.717, 1.165) is 13.0 Å². The Kier molecular flexibility index (Phi) is 3.60. The van der Waals surface area contributed by atoms with Gasteiger partial charge in [-0.1, -0.05) is 6.92 Å². The van der Waals surface area contributed by atoms with E-state index in [1.807, 2.05) is 20.8 Å². The molecule has 0 aromatic carbocycles. The molecule has 88 valence electrons. The molecule has 0 aromatic heterocycles. The molecule has 0 aromatic rings. The molecule has 0 saturated carbocycles. The van der Waals surface area contributed by atoms with E-state index in [1.165, 1.54) is 0 Å². The summed E-state index contributed by atoms with van der Waals surface area (Å²) >= 11 is 0. The maximum atomic E-state index is 11.8. The SMILES string of the molecule is C[C@@H]1C[C@H](CN)N(C(=O)OC(C)(C)C)C1. The fraction of sp³-hybridized carbons (Fsp3) is 0.909. The normalized spacial score (nSPS) is 26.9. The van der Waals surface area contributed by atoms with Crippen molar-refractivity contribution in [2.75, 3.05) is 13.1 Å². The standard InChI is InChI=1S/C11H22N2O2/c1-8-5-9(6-12)13(7-8)10(14)15-11(2,3)4/h8-9H,5-7,12H2,1-4H3/t8-,9-/m1/s1. The lowest BCUT2D eigenvalue weighted by Crippen LogP contribution is -2.42. The second-order valence-electron chi connectivity index (χ2n) is 5.36. The lowest BCUT2D eigenvalue weighted by molar-refractivity contribution is 0.0228. The van der Waals surface area contributed by atoms with Gasteiger partial charge in [-0.05, 0) is 33.1 Å². The van der Waals surface area contributed by atoms with Crippen LogP contribution in [0.1, 0.15) is 34.1 Å². The summed E-state index contributed by atoms with van der Waals surface area (Å²) in [6.07, 6.45) is 0.748. The first-order valence-corrected chi connectivity index (χ1v) is 5.53. The summed E-state index contributed by atoms with van der Waals surface area (Å²) in [7, 11) is 0. The van der Waals surface area contributed by atoms with Crippen LogP contribution in [-0.4, -0.2) is 35.7 Å². The van der Waals surface area contributed by atoms with Crippen molar-refractivity contribution in [2.45, 2.75) is 45.8 Å². The summed E-state index contributed by atoms with van der Waals surface area (Å²) in [5.74, 6) is 0.520. The van der Waals surface area contributed by atoms with Crippen molar-refractivity contribution in [3.05, 3.63) is 0 Å². The lowest BCUT2D eigenvalue weighted by atomic mass is 10.1. The van der Waals surface area contributed by atoms with Gasteiger partial charge in [-0.15, -0.1) is 0 Å². The molecule has 1 heterocycles. The molecular formula is C11H22N2O2. The van der Waals surface area contributed by atoms with Gasteiger partial charge in [-0.2, -0.15) is 0 Å². The van der Waals surface area contributed by atoms with E-state index in [-0.39, 0.29) is 12.1 Å². The molecule has 1 fully saturated rings. The zero-order valence-corrected chi connectivity index (χ0v) is 10.1. The molecule has 0 unspecified atom stereocenters. The van der Waals surface area contributed by atoms with Crippen molar-refractivity contribution in [1.29, 1.82) is 0 Å². The number of nitrogens with two attached hydrogens (primary N) is 1. The van der Waals surface area contributed by atoms with Gasteiger partial charge in [0.1, 0.15) is 5.60 Å². The molecule has 1 rings (SSSR count). The fourth-order valence-electron chi connectivity index (χ4n) is 1.92. The van der Waals surface area contributed by atoms with Crippen LogP contribution in [0.3, 0.4) is 0 Å². The van der Waals surface area contributed by atoms with Gasteiger partial charge in [0.2, 0.25) is 0 Å². The predicted molar refractivity (Wildman–Crippen MR) is 59.6 cm³/mol. The maximum Gasteiger partial charge on any atom is 0.410 e. The minimum absolute atomic E-state index is 0.148. The van der Waals surface area contributed by atoms with E-state index in [0.29, 0.717) is 12.5 Å². The van der Waals surface area contributed by atoms with Crippen LogP contribution < -0.4 is 5.73 Å². The Bertz CT molecular complexity index is 235. The third-order valence-electron chi connectivity index (χ3n) is 2.52. The van der Waals surface area contributed by atoms with E-state index in [4.69, 9.17) is 10.5 Å². The van der Waals surface area contributed by atoms with Crippen LogP contribution in [0.2, 0.25) is 0 Å². The smallest absolute Gasteiger partial charge is 0.410 e. The molecule has 0 radical (unpaired) electrons. The van der Waals surface area contributed by atoms with Crippen LogP contribution in [0.25, 0.3) is 0 Å². The average Bonchev–Trinajstić information content (AvgIpc) is 2.43. The van der Waals surface area contributed by atoms with Crippen LogP contribution >= 0.6 is 0 Å². The molecule has 4 heteroatoms. The van der Waals surface area contributed by atoms with Crippen molar-refractivity contribution < 1.29 is 9.53 Å². The van der Waals surface area contributed by atoms with Crippen molar-refractivity contribution in [3.8, 4) is 0 Å². The molecule has 2 atom stereocenters. The zero-order valence-electron chi connectivity index (χ0n) is 10.1. The topological polar surface area (TPSA) is 55.6 Å². The second-order valence-corrected chi connectivity index (χ2v) is 5.36. The molecule has 1 aliphatic rings. The van der Waals surface area contributed by atoms with Crippen LogP contribution in [0.15, 0.2) is 0 Å². The van der Waals surface area contributed by atoms with E-state index < -0.39 is 5.60 Å². The Morgan fingerprint density at radius 1 is 1.53 bits per heavy atom. The number of ether oxygens (including phenoxy) is 1. The van der Waals surface area contributed by atoms with Gasteiger partial charge in [0.05, 0.1) is 0 Å². The van der Waals surface area contributed by atoms with Crippen LogP contribution in [0.4, 0.5) is 4.79 Å². The first kappa shape index (κ1) is 12.3. The van der Waals surface area contributed by atoms with E-state index in [1.54, 1.807) is 4.90 Å². The van der Waals surface area contributed by atoms with Crippen molar-refractivity contribution in [1.82, 2.24) is 4.90 Å². The summed E-state index contributed by atoms with van der Waals surface area (Å²) in [6.45, 7) is 9.04. The number of nitrogens with zero attached hydrogens (tertiary/aromatic N) is 1. The van der Waals surface area contributed by atoms with Crippen molar-refractivity contribution in [3.63, 3.8) is 0 Å². The first-order chi connectivity index (χ1) is 6.83. The Hall–Kier alpha value is -0.770. The van der Waals surface area contributed by atoms with Gasteiger partial charge in [0.25, 0.3) is 0 Å². The minimum Gasteiger partial charge on any atom is -0.444 e. The average molecular weight is 214 g/mol. The van der Waals surface area contributed by atoms with Gasteiger partial charge in [-0.3, -0.25) is 0 Å². The first-order valence-electron chi connectivity index (χ1n) is 5.53. The molecule has 15 heavy (non-hydrogen) atoms. The summed E-state index contributed by atoms with van der Waals surface area (Å²) in [4.78, 5) is 13.6. The minimum atomic E-state index is -0.429. The van der Waals surface area contributed by atoms with Gasteiger partial charge in [0, 0.05) is 19.1 Å². The van der Waals surface area contributed by atoms with E-state index in [2.05, 4.69) is 6.92 Å². The molecule has 0 bridgehead atoms. The third kappa shape index (κ3) is 3.38. The molecule has 1 saturated heterocycles. The summed E-state index contributed by atoms with van der Waals surface area (Å²) in [5.41, 5.74) is 5.21. The molecule has 0 spiro atoms. The van der Waals surface area contributed by atoms with Gasteiger partial charge in [0.15, 0.2) is 0 Å². The number of likely N-dealkylation sites (tertiary alicyclic amines) is 1. The van der Waals surface area contributed by atoms with Crippen molar-refractivity contribution in [2.24, 2.45) is 11.7 Å². The lowest BCUT2D eigenvalue weighted by Gasteiger charge is -2.27. The Balaban J connectivity index is 2.59. The largest absolute Gasteiger partial charge is 0.444 e. The van der Waals surface area contributed by atoms with Crippen LogP contribution in [0.5, 0.6) is 0 Å². The quantitative estimate of drug-likeness (QED) is 0.721. The molecule has 2 N–H and O–H groups in total. The van der Waals surface area contributed by atoms with Gasteiger partial charge >= 0.3 is 6.09 Å². The molecule has 0 aliphatic carbocycles. The molecule has 1 aliphatic heterocycles. The monoisotopic (exact) mass is 214 g/mol. The highest BCUT2D eigenvalue weighted by Crippen LogP contribution is 2.24. The maximum absolute atomic E-state index is 11.8. The number of hydrogen-bond acceptors (Lipinski definition) is 3. The number of amides is 1. The summed E-state index contributed by atoms with van der Waals surface area (Å²) < 4.78 is 5.33. The Morgan fingerprint density at radius 3 is 2.60 bits per heavy atom. The number of rotatable bonds is 1. The molecule has 1 amide bonds. The fourth-order valence-corrected chi connectivity index (χ4v) is 1.92. The van der Waals surface area contributed by atoms with E-state index >= 15 is 0 Å². The van der Waals surface area contributed by atoms with Crippen LogP contribution in [0, 0.1) is 5.92 Å². The molecule has 4 nitrogen and oxygen atoms in total. The highest BCUT2D eigenvalue weighted by molar-refractivity contribution is 5.69. The highest BCUT2D eigenvalue weighted by atomic mass is 16.6. The predicted octanol–water partition coefficient (Wildman–Crippen LogP) is 1.59. The van der Waals surface area contributed by atoms with Gasteiger partial charge in [-0.25, -0.2) is 4.79 Å². The second kappa shape index (κ2) is 4.39. The highest BCUT2D eigenvalue weighted by Gasteiger charge is 2.34. The summed E-state index contributed by atoms with van der Waals surface area (Å²) in [5, 5.41) is 0. The number of carbonyl (C=O) groups excluding carboxylic acids is 1. The van der Waals surface area contributed by atoms with E-state index in [9.17, 15) is 4.79 Å². The third-order valence-corrected chi connectivity index (χ3v) is 2.52. The number of carbonyl (C=O) groups is 1. The Labute approximate surface area is 91.8 Å².